The molecular formula is C10H14ClF6NO3S. The van der Waals surface area contributed by atoms with E-state index in [2.05, 4.69) is 0 Å². The van der Waals surface area contributed by atoms with Gasteiger partial charge in [-0.25, -0.2) is 8.42 Å². The number of rotatable bonds is 7. The molecule has 4 nitrogen and oxygen atoms in total. The van der Waals surface area contributed by atoms with Crippen LogP contribution in [0.5, 0.6) is 0 Å². The number of carbonyl (C=O) groups excluding carboxylic acids is 1. The average Bonchev–Trinajstić information content (AvgIpc) is 2.30. The van der Waals surface area contributed by atoms with Gasteiger partial charge in [0.1, 0.15) is 0 Å². The lowest BCUT2D eigenvalue weighted by Crippen LogP contribution is -2.47. The molecule has 0 aromatic carbocycles. The summed E-state index contributed by atoms with van der Waals surface area (Å²) >= 11 is 5.49. The van der Waals surface area contributed by atoms with E-state index in [1.54, 1.807) is 0 Å². The summed E-state index contributed by atoms with van der Waals surface area (Å²) in [4.78, 5) is 11.2. The van der Waals surface area contributed by atoms with Crippen molar-refractivity contribution >= 4 is 27.3 Å². The SMILES string of the molecule is CC(CCC(Cl)(C(N)=O)S(=O)(=O)CCC(F)(F)F)C(F)(F)F. The largest absolute Gasteiger partial charge is 0.391 e. The third-order valence-electron chi connectivity index (χ3n) is 2.97. The Morgan fingerprint density at radius 3 is 1.91 bits per heavy atom. The highest BCUT2D eigenvalue weighted by Crippen LogP contribution is 2.36. The Labute approximate surface area is 127 Å². The second kappa shape index (κ2) is 6.81. The number of sulfone groups is 1. The normalized spacial score (nSPS) is 17.8. The summed E-state index contributed by atoms with van der Waals surface area (Å²) in [5.74, 6) is -5.24. The van der Waals surface area contributed by atoms with Gasteiger partial charge >= 0.3 is 12.4 Å². The lowest BCUT2D eigenvalue weighted by atomic mass is 10.0. The lowest BCUT2D eigenvalue weighted by molar-refractivity contribution is -0.171. The van der Waals surface area contributed by atoms with Gasteiger partial charge < -0.3 is 5.73 Å². The van der Waals surface area contributed by atoms with E-state index >= 15 is 0 Å². The van der Waals surface area contributed by atoms with Crippen molar-refractivity contribution in [3.63, 3.8) is 0 Å². The van der Waals surface area contributed by atoms with Crippen LogP contribution in [0, 0.1) is 5.92 Å². The van der Waals surface area contributed by atoms with Gasteiger partial charge in [0.15, 0.2) is 9.84 Å². The molecular weight excluding hydrogens is 364 g/mol. The topological polar surface area (TPSA) is 77.2 Å². The Morgan fingerprint density at radius 1 is 1.14 bits per heavy atom. The van der Waals surface area contributed by atoms with Gasteiger partial charge in [-0.3, -0.25) is 4.79 Å². The number of hydrogen-bond acceptors (Lipinski definition) is 3. The van der Waals surface area contributed by atoms with Gasteiger partial charge in [-0.1, -0.05) is 18.5 Å². The van der Waals surface area contributed by atoms with Crippen molar-refractivity contribution in [2.24, 2.45) is 11.7 Å². The van der Waals surface area contributed by atoms with Crippen LogP contribution >= 0.6 is 11.6 Å². The highest BCUT2D eigenvalue weighted by atomic mass is 35.5. The fraction of sp³-hybridized carbons (Fsp3) is 0.900. The Kier molecular flexibility index (Phi) is 6.59. The maximum Gasteiger partial charge on any atom is 0.391 e. The molecule has 0 aromatic rings. The highest BCUT2D eigenvalue weighted by Gasteiger charge is 2.50. The molecule has 1 amide bonds. The van der Waals surface area contributed by atoms with Crippen LogP contribution in [0.4, 0.5) is 26.3 Å². The molecule has 22 heavy (non-hydrogen) atoms. The molecule has 0 rings (SSSR count). The first kappa shape index (κ1) is 21.3. The summed E-state index contributed by atoms with van der Waals surface area (Å²) in [6.07, 6.45) is -13.2. The first-order valence-electron chi connectivity index (χ1n) is 5.87. The fourth-order valence-corrected chi connectivity index (χ4v) is 3.31. The highest BCUT2D eigenvalue weighted by molar-refractivity contribution is 7.95. The zero-order valence-corrected chi connectivity index (χ0v) is 12.8. The predicted octanol–water partition coefficient (Wildman–Crippen LogP) is 2.75. The molecule has 0 aromatic heterocycles. The predicted molar refractivity (Wildman–Crippen MR) is 66.7 cm³/mol. The van der Waals surface area contributed by atoms with E-state index in [0.717, 1.165) is 6.92 Å². The van der Waals surface area contributed by atoms with Crippen LogP contribution in [-0.2, 0) is 14.6 Å². The summed E-state index contributed by atoms with van der Waals surface area (Å²) in [5, 5.41) is 0. The van der Waals surface area contributed by atoms with Gasteiger partial charge in [-0.05, 0) is 12.8 Å². The van der Waals surface area contributed by atoms with Gasteiger partial charge in [0.25, 0.3) is 5.91 Å². The van der Waals surface area contributed by atoms with Crippen molar-refractivity contribution in [1.82, 2.24) is 0 Å². The number of alkyl halides is 7. The molecule has 2 N–H and O–H groups in total. The zero-order valence-electron chi connectivity index (χ0n) is 11.3. The molecule has 0 heterocycles. The van der Waals surface area contributed by atoms with Crippen molar-refractivity contribution in [1.29, 1.82) is 0 Å². The van der Waals surface area contributed by atoms with Gasteiger partial charge in [-0.15, -0.1) is 0 Å². The first-order chi connectivity index (χ1) is 9.53. The number of nitrogens with two attached hydrogens (primary N) is 1. The number of carbonyl (C=O) groups is 1. The van der Waals surface area contributed by atoms with Gasteiger partial charge in [0.05, 0.1) is 18.1 Å². The first-order valence-corrected chi connectivity index (χ1v) is 7.90. The third kappa shape index (κ3) is 5.82. The molecule has 0 aliphatic rings. The molecule has 132 valence electrons. The minimum absolute atomic E-state index is 0.723. The van der Waals surface area contributed by atoms with Crippen LogP contribution < -0.4 is 5.73 Å². The zero-order chi connectivity index (χ0) is 18.0. The quantitative estimate of drug-likeness (QED) is 0.547. The van der Waals surface area contributed by atoms with Crippen LogP contribution in [0.1, 0.15) is 26.2 Å². The second-order valence-electron chi connectivity index (χ2n) is 4.76. The molecule has 0 bridgehead atoms. The molecule has 0 fully saturated rings. The van der Waals surface area contributed by atoms with Gasteiger partial charge in [0, 0.05) is 0 Å². The van der Waals surface area contributed by atoms with Gasteiger partial charge in [0.2, 0.25) is 4.21 Å². The van der Waals surface area contributed by atoms with E-state index < -0.39 is 63.2 Å². The van der Waals surface area contributed by atoms with Crippen molar-refractivity contribution in [2.45, 2.75) is 42.7 Å². The molecule has 0 aliphatic heterocycles. The molecule has 0 aliphatic carbocycles. The van der Waals surface area contributed by atoms with E-state index in [9.17, 15) is 39.6 Å². The molecule has 0 spiro atoms. The minimum Gasteiger partial charge on any atom is -0.367 e. The average molecular weight is 378 g/mol. The Hall–Kier alpha value is -0.710. The van der Waals surface area contributed by atoms with E-state index in [-0.39, 0.29) is 0 Å². The van der Waals surface area contributed by atoms with Crippen LogP contribution in [0.3, 0.4) is 0 Å². The summed E-state index contributed by atoms with van der Waals surface area (Å²) in [5.41, 5.74) is 4.78. The van der Waals surface area contributed by atoms with Crippen molar-refractivity contribution in [2.75, 3.05) is 5.75 Å². The standard InChI is InChI=1S/C10H14ClF6NO3S/c1-6(10(15,16)17)2-3-8(11,7(18)19)22(20,21)5-4-9(12,13)14/h6H,2-5H2,1H3,(H2,18,19). The molecule has 2 atom stereocenters. The number of halogens is 7. The monoisotopic (exact) mass is 377 g/mol. The summed E-state index contributed by atoms with van der Waals surface area (Å²) in [6.45, 7) is 0.723. The smallest absolute Gasteiger partial charge is 0.367 e. The van der Waals surface area contributed by atoms with Crippen LogP contribution in [0.15, 0.2) is 0 Å². The maximum absolute atomic E-state index is 12.4. The Balaban J connectivity index is 5.22. The van der Waals surface area contributed by atoms with Crippen molar-refractivity contribution in [3.8, 4) is 0 Å². The summed E-state index contributed by atoms with van der Waals surface area (Å²) < 4.78 is 93.9. The second-order valence-corrected chi connectivity index (χ2v) is 7.96. The molecule has 0 radical (unpaired) electrons. The summed E-state index contributed by atoms with van der Waals surface area (Å²) in [7, 11) is -4.89. The number of hydrogen-bond donors (Lipinski definition) is 1. The van der Waals surface area contributed by atoms with E-state index in [0.29, 0.717) is 0 Å². The summed E-state index contributed by atoms with van der Waals surface area (Å²) in [6, 6.07) is 0. The molecule has 12 heteroatoms. The van der Waals surface area contributed by atoms with E-state index in [1.165, 1.54) is 0 Å². The molecule has 0 saturated heterocycles. The Morgan fingerprint density at radius 2 is 1.59 bits per heavy atom. The van der Waals surface area contributed by atoms with Crippen molar-refractivity contribution < 1.29 is 39.6 Å². The van der Waals surface area contributed by atoms with Crippen LogP contribution in [-0.4, -0.2) is 36.6 Å². The minimum atomic E-state index is -4.89. The maximum atomic E-state index is 12.4. The number of amides is 1. The third-order valence-corrected chi connectivity index (χ3v) is 6.19. The molecule has 0 saturated carbocycles. The van der Waals surface area contributed by atoms with E-state index in [4.69, 9.17) is 17.3 Å². The van der Waals surface area contributed by atoms with Crippen LogP contribution in [0.25, 0.3) is 0 Å². The van der Waals surface area contributed by atoms with Gasteiger partial charge in [-0.2, -0.15) is 26.3 Å². The van der Waals surface area contributed by atoms with E-state index in [1.807, 2.05) is 0 Å². The Bertz CT molecular complexity index is 504. The van der Waals surface area contributed by atoms with Crippen molar-refractivity contribution in [3.05, 3.63) is 0 Å². The fourth-order valence-electron chi connectivity index (χ4n) is 1.41. The van der Waals surface area contributed by atoms with Crippen LogP contribution in [0.2, 0.25) is 0 Å². The lowest BCUT2D eigenvalue weighted by Gasteiger charge is -2.26. The number of primary amides is 1. The molecule has 2 unspecified atom stereocenters.